The number of hydrogen-bond acceptors (Lipinski definition) is 4. The molecular weight excluding hydrogens is 338 g/mol. The van der Waals surface area contributed by atoms with Gasteiger partial charge >= 0.3 is 5.97 Å². The van der Waals surface area contributed by atoms with Gasteiger partial charge in [0.2, 0.25) is 0 Å². The number of rotatable bonds is 3. The van der Waals surface area contributed by atoms with Crippen LogP contribution in [0.15, 0.2) is 4.99 Å². The van der Waals surface area contributed by atoms with Crippen LogP contribution in [0.2, 0.25) is 0 Å². The minimum absolute atomic E-state index is 0.119. The van der Waals surface area contributed by atoms with E-state index < -0.39 is 0 Å². The highest BCUT2D eigenvalue weighted by molar-refractivity contribution is 5.92. The summed E-state index contributed by atoms with van der Waals surface area (Å²) in [5, 5.41) is 9.19. The Balaban J connectivity index is 1.52. The Hall–Kier alpha value is -0.900. The summed E-state index contributed by atoms with van der Waals surface area (Å²) >= 11 is 0. The third kappa shape index (κ3) is 3.16. The number of carbonyl (C=O) groups is 1. The first-order chi connectivity index (χ1) is 12.9. The molecule has 4 nitrogen and oxygen atoms in total. The van der Waals surface area contributed by atoms with Gasteiger partial charge < -0.3 is 9.84 Å². The molecule has 27 heavy (non-hydrogen) atoms. The van der Waals surface area contributed by atoms with Crippen molar-refractivity contribution in [2.24, 2.45) is 39.5 Å². The average molecular weight is 376 g/mol. The Labute approximate surface area is 164 Å². The molecule has 0 bridgehead atoms. The summed E-state index contributed by atoms with van der Waals surface area (Å²) in [6, 6.07) is 0. The molecule has 0 aromatic rings. The summed E-state index contributed by atoms with van der Waals surface area (Å²) in [5.41, 5.74) is 2.09. The summed E-state index contributed by atoms with van der Waals surface area (Å²) in [6.07, 6.45) is 11.1. The van der Waals surface area contributed by atoms with Crippen LogP contribution in [0.3, 0.4) is 0 Å². The number of ether oxygens (including phenoxy) is 1. The van der Waals surface area contributed by atoms with Gasteiger partial charge in [-0.3, -0.25) is 9.79 Å². The summed E-state index contributed by atoms with van der Waals surface area (Å²) in [4.78, 5) is 16.2. The molecule has 7 atom stereocenters. The van der Waals surface area contributed by atoms with Crippen LogP contribution in [0.25, 0.3) is 0 Å². The second kappa shape index (κ2) is 7.17. The fourth-order valence-electron chi connectivity index (χ4n) is 7.79. The smallest absolute Gasteiger partial charge is 0.302 e. The van der Waals surface area contributed by atoms with Crippen molar-refractivity contribution < 1.29 is 14.6 Å². The van der Waals surface area contributed by atoms with Crippen LogP contribution in [0.4, 0.5) is 0 Å². The van der Waals surface area contributed by atoms with Gasteiger partial charge in [0.1, 0.15) is 6.10 Å². The average Bonchev–Trinajstić information content (AvgIpc) is 2.96. The van der Waals surface area contributed by atoms with Crippen molar-refractivity contribution >= 4 is 11.7 Å². The van der Waals surface area contributed by atoms with E-state index in [1.807, 2.05) is 0 Å². The minimum atomic E-state index is -0.119. The van der Waals surface area contributed by atoms with Crippen LogP contribution < -0.4 is 0 Å². The maximum atomic E-state index is 11.4. The third-order valence-corrected chi connectivity index (χ3v) is 9.09. The molecule has 0 radical (unpaired) electrons. The van der Waals surface area contributed by atoms with Gasteiger partial charge in [-0.2, -0.15) is 0 Å². The zero-order valence-corrected chi connectivity index (χ0v) is 17.4. The highest BCUT2D eigenvalue weighted by Crippen LogP contribution is 2.65. The molecule has 4 aliphatic rings. The maximum absolute atomic E-state index is 11.4. The molecule has 0 aromatic heterocycles. The molecule has 0 amide bonds. The van der Waals surface area contributed by atoms with E-state index in [1.165, 1.54) is 44.2 Å². The first kappa shape index (κ1) is 19.4. The molecule has 4 saturated carbocycles. The van der Waals surface area contributed by atoms with Crippen LogP contribution in [0, 0.1) is 34.5 Å². The lowest BCUT2D eigenvalue weighted by Gasteiger charge is -2.60. The summed E-state index contributed by atoms with van der Waals surface area (Å²) in [5.74, 6) is 3.02. The molecule has 0 aromatic carbocycles. The lowest BCUT2D eigenvalue weighted by Crippen LogP contribution is -2.54. The van der Waals surface area contributed by atoms with Crippen molar-refractivity contribution in [3.63, 3.8) is 0 Å². The van der Waals surface area contributed by atoms with Crippen LogP contribution in [0.1, 0.15) is 78.6 Å². The van der Waals surface area contributed by atoms with Gasteiger partial charge in [-0.25, -0.2) is 0 Å². The van der Waals surface area contributed by atoms with E-state index in [-0.39, 0.29) is 24.1 Å². The van der Waals surface area contributed by atoms with Crippen LogP contribution in [0.5, 0.6) is 0 Å². The number of carbonyl (C=O) groups excluding carboxylic acids is 1. The summed E-state index contributed by atoms with van der Waals surface area (Å²) in [7, 11) is 0. The largest absolute Gasteiger partial charge is 0.463 e. The standard InChI is InChI=1S/C23H37NO3/c1-15(26)27-17-8-10-22(2)16(14-17)4-5-18-19-6-7-21(24-12-13-25)23(19,3)11-9-20(18)22/h16-20,25H,4-14H2,1-3H3. The number of aliphatic imine (C=N–C) groups is 1. The monoisotopic (exact) mass is 375 g/mol. The van der Waals surface area contributed by atoms with E-state index in [1.54, 1.807) is 6.92 Å². The fourth-order valence-corrected chi connectivity index (χ4v) is 7.79. The van der Waals surface area contributed by atoms with E-state index in [0.717, 1.165) is 37.0 Å². The van der Waals surface area contributed by atoms with Crippen molar-refractivity contribution in [1.29, 1.82) is 0 Å². The molecule has 0 saturated heterocycles. The Morgan fingerprint density at radius 3 is 2.70 bits per heavy atom. The Morgan fingerprint density at radius 1 is 1.15 bits per heavy atom. The number of hydrogen-bond donors (Lipinski definition) is 1. The molecule has 0 spiro atoms. The number of aliphatic hydroxyl groups excluding tert-OH is 1. The van der Waals surface area contributed by atoms with Crippen LogP contribution in [-0.2, 0) is 9.53 Å². The van der Waals surface area contributed by atoms with Gasteiger partial charge in [0.25, 0.3) is 0 Å². The maximum Gasteiger partial charge on any atom is 0.302 e. The molecule has 4 rings (SSSR count). The van der Waals surface area contributed by atoms with E-state index in [4.69, 9.17) is 9.73 Å². The first-order valence-corrected chi connectivity index (χ1v) is 11.2. The molecule has 7 unspecified atom stereocenters. The van der Waals surface area contributed by atoms with Gasteiger partial charge in [0, 0.05) is 18.1 Å². The molecule has 4 aliphatic carbocycles. The van der Waals surface area contributed by atoms with Crippen molar-refractivity contribution in [3.8, 4) is 0 Å². The van der Waals surface area contributed by atoms with Gasteiger partial charge in [-0.15, -0.1) is 0 Å². The van der Waals surface area contributed by atoms with Gasteiger partial charge in [0.05, 0.1) is 13.2 Å². The van der Waals surface area contributed by atoms with Gasteiger partial charge in [0.15, 0.2) is 0 Å². The second-order valence-electron chi connectivity index (χ2n) is 10.2. The van der Waals surface area contributed by atoms with E-state index >= 15 is 0 Å². The number of esters is 1. The second-order valence-corrected chi connectivity index (χ2v) is 10.2. The fraction of sp³-hybridized carbons (Fsp3) is 0.913. The van der Waals surface area contributed by atoms with Crippen molar-refractivity contribution in [1.82, 2.24) is 0 Å². The molecule has 0 heterocycles. The van der Waals surface area contributed by atoms with Gasteiger partial charge in [-0.1, -0.05) is 13.8 Å². The van der Waals surface area contributed by atoms with Crippen LogP contribution in [-0.4, -0.2) is 36.0 Å². The Kier molecular flexibility index (Phi) is 5.15. The highest BCUT2D eigenvalue weighted by Gasteiger charge is 2.59. The molecule has 4 fully saturated rings. The quantitative estimate of drug-likeness (QED) is 0.744. The number of aliphatic hydroxyl groups is 1. The lowest BCUT2D eigenvalue weighted by molar-refractivity contribution is -0.158. The van der Waals surface area contributed by atoms with E-state index in [2.05, 4.69) is 13.8 Å². The van der Waals surface area contributed by atoms with Crippen molar-refractivity contribution in [2.75, 3.05) is 13.2 Å². The number of fused-ring (bicyclic) bond motifs is 5. The summed E-state index contributed by atoms with van der Waals surface area (Å²) in [6.45, 7) is 7.30. The highest BCUT2D eigenvalue weighted by atomic mass is 16.5. The topological polar surface area (TPSA) is 58.9 Å². The molecular formula is C23H37NO3. The lowest BCUT2D eigenvalue weighted by atomic mass is 9.45. The Morgan fingerprint density at radius 2 is 1.96 bits per heavy atom. The molecule has 152 valence electrons. The third-order valence-electron chi connectivity index (χ3n) is 9.09. The molecule has 4 heteroatoms. The first-order valence-electron chi connectivity index (χ1n) is 11.2. The number of nitrogens with zero attached hydrogens (tertiary/aromatic N) is 1. The van der Waals surface area contributed by atoms with E-state index in [9.17, 15) is 9.90 Å². The predicted octanol–water partition coefficient (Wildman–Crippen LogP) is 4.39. The molecule has 1 N–H and O–H groups in total. The summed E-state index contributed by atoms with van der Waals surface area (Å²) < 4.78 is 5.58. The predicted molar refractivity (Wildman–Crippen MR) is 107 cm³/mol. The Bertz CT molecular complexity index is 617. The minimum Gasteiger partial charge on any atom is -0.463 e. The zero-order chi connectivity index (χ0) is 19.2. The zero-order valence-electron chi connectivity index (χ0n) is 17.4. The van der Waals surface area contributed by atoms with E-state index in [0.29, 0.717) is 17.9 Å². The van der Waals surface area contributed by atoms with Crippen LogP contribution >= 0.6 is 0 Å². The SMILES string of the molecule is CC(=O)OC1CCC2(C)C(CCC3C4CCC(=NCCO)C4(C)CCC32)C1. The molecule has 0 aliphatic heterocycles. The van der Waals surface area contributed by atoms with Crippen molar-refractivity contribution in [3.05, 3.63) is 0 Å². The van der Waals surface area contributed by atoms with Gasteiger partial charge in [-0.05, 0) is 86.9 Å². The normalized spacial score (nSPS) is 47.9. The van der Waals surface area contributed by atoms with Crippen molar-refractivity contribution in [2.45, 2.75) is 84.7 Å².